The van der Waals surface area contributed by atoms with Gasteiger partial charge in [-0.15, -0.1) is 0 Å². The number of hydrogen-bond donors (Lipinski definition) is 2. The molecule has 0 aromatic carbocycles. The van der Waals surface area contributed by atoms with Crippen LogP contribution in [0.5, 0.6) is 0 Å². The molecule has 0 radical (unpaired) electrons. The van der Waals surface area contributed by atoms with Crippen LogP contribution in [0.4, 0.5) is 0 Å². The van der Waals surface area contributed by atoms with Gasteiger partial charge in [-0.1, -0.05) is 39.3 Å². The van der Waals surface area contributed by atoms with Crippen molar-refractivity contribution in [1.29, 1.82) is 0 Å². The van der Waals surface area contributed by atoms with Gasteiger partial charge in [0.05, 0.1) is 17.4 Å². The molecule has 6 nitrogen and oxygen atoms in total. The lowest BCUT2D eigenvalue weighted by molar-refractivity contribution is -0.166. The molecule has 7 heteroatoms. The molecule has 7 aliphatic rings. The topological polar surface area (TPSA) is 86.7 Å². The van der Waals surface area contributed by atoms with Crippen molar-refractivity contribution in [2.24, 2.45) is 52.3 Å². The third kappa shape index (κ3) is 5.18. The van der Waals surface area contributed by atoms with Crippen molar-refractivity contribution in [1.82, 2.24) is 10.2 Å². The van der Waals surface area contributed by atoms with Crippen molar-refractivity contribution in [2.45, 2.75) is 110 Å². The molecule has 0 aromatic heterocycles. The van der Waals surface area contributed by atoms with Crippen LogP contribution in [0.1, 0.15) is 104 Å². The summed E-state index contributed by atoms with van der Waals surface area (Å²) in [6.45, 7) is 11.2. The predicted molar refractivity (Wildman–Crippen MR) is 176 cm³/mol. The van der Waals surface area contributed by atoms with Crippen molar-refractivity contribution in [3.63, 3.8) is 0 Å². The summed E-state index contributed by atoms with van der Waals surface area (Å²) in [6.07, 6.45) is 20.8. The second-order valence-corrected chi connectivity index (χ2v) is 19.2. The third-order valence-corrected chi connectivity index (χ3v) is 16.8. The van der Waals surface area contributed by atoms with Crippen molar-refractivity contribution < 1.29 is 18.3 Å². The van der Waals surface area contributed by atoms with Crippen LogP contribution < -0.4 is 5.32 Å². The van der Waals surface area contributed by atoms with Gasteiger partial charge >= 0.3 is 5.97 Å². The standard InChI is InChI=1S/C37H58N2O4S/c1-25-28(26-6-8-27(9-7-26)34(40)41)12-16-35(2)30(25)13-17-36(3)31-14-18-37(15-4-5-32(37)29(31)10-11-33(35)36)38-19-20-39-21-23-44(42,43)24-22-39/h6,12,25,27,29-33,38H,4-5,7-11,13-24H2,1-3H3,(H,40,41)/t25?,27?,29-,30?,31?,32+,33?,35-,36-,37?/m0/s1. The van der Waals surface area contributed by atoms with Crippen LogP contribution in [0.25, 0.3) is 0 Å². The first-order valence-corrected chi connectivity index (χ1v) is 20.1. The fraction of sp³-hybridized carbons (Fsp3) is 0.865. The number of sulfone groups is 1. The maximum absolute atomic E-state index is 11.9. The van der Waals surface area contributed by atoms with Gasteiger partial charge in [0, 0.05) is 31.7 Å². The fourth-order valence-corrected chi connectivity index (χ4v) is 14.2. The van der Waals surface area contributed by atoms with E-state index in [-0.39, 0.29) is 5.92 Å². The summed E-state index contributed by atoms with van der Waals surface area (Å²) in [5.74, 6) is 4.41. The molecule has 5 fully saturated rings. The Morgan fingerprint density at radius 2 is 1.73 bits per heavy atom. The van der Waals surface area contributed by atoms with E-state index in [4.69, 9.17) is 0 Å². The number of carbonyl (C=O) groups is 1. The van der Waals surface area contributed by atoms with Crippen LogP contribution in [0.2, 0.25) is 0 Å². The minimum Gasteiger partial charge on any atom is -0.481 e. The second kappa shape index (κ2) is 11.5. The van der Waals surface area contributed by atoms with E-state index in [0.717, 1.165) is 55.5 Å². The highest BCUT2D eigenvalue weighted by Gasteiger charge is 2.64. The summed E-state index contributed by atoms with van der Waals surface area (Å²) in [5, 5.41) is 13.6. The van der Waals surface area contributed by atoms with Gasteiger partial charge in [-0.2, -0.15) is 0 Å². The van der Waals surface area contributed by atoms with Crippen LogP contribution in [-0.2, 0) is 14.6 Å². The number of fused-ring (bicyclic) bond motifs is 7. The lowest BCUT2D eigenvalue weighted by Crippen LogP contribution is -2.63. The van der Waals surface area contributed by atoms with Gasteiger partial charge in [0.2, 0.25) is 0 Å². The van der Waals surface area contributed by atoms with Crippen molar-refractivity contribution in [3.8, 4) is 0 Å². The number of rotatable bonds is 6. The molecule has 44 heavy (non-hydrogen) atoms. The zero-order valence-corrected chi connectivity index (χ0v) is 28.5. The number of carboxylic acid groups (broad SMARTS) is 1. The first kappa shape index (κ1) is 31.4. The normalized spacial score (nSPS) is 46.9. The summed E-state index contributed by atoms with van der Waals surface area (Å²) in [5.41, 5.74) is 4.12. The Balaban J connectivity index is 1.04. The average molecular weight is 627 g/mol. The molecule has 4 saturated carbocycles. The number of aliphatic carboxylic acids is 1. The Bertz CT molecular complexity index is 1290. The molecule has 6 aliphatic carbocycles. The minimum atomic E-state index is -2.82. The molecule has 1 saturated heterocycles. The molecule has 1 heterocycles. The van der Waals surface area contributed by atoms with E-state index in [1.165, 1.54) is 69.8 Å². The molecule has 0 bridgehead atoms. The highest BCUT2D eigenvalue weighted by molar-refractivity contribution is 7.91. The molecule has 246 valence electrons. The summed E-state index contributed by atoms with van der Waals surface area (Å²) in [6, 6.07) is 0. The lowest BCUT2D eigenvalue weighted by Gasteiger charge is -2.67. The first-order valence-electron chi connectivity index (χ1n) is 18.3. The summed E-state index contributed by atoms with van der Waals surface area (Å²) < 4.78 is 23.8. The first-order chi connectivity index (χ1) is 21.0. The Morgan fingerprint density at radius 1 is 0.955 bits per heavy atom. The number of nitrogens with zero attached hydrogens (tertiary/aromatic N) is 1. The van der Waals surface area contributed by atoms with Gasteiger partial charge in [0.25, 0.3) is 0 Å². The molecular weight excluding hydrogens is 568 g/mol. The highest BCUT2D eigenvalue weighted by Crippen LogP contribution is 2.70. The zero-order valence-electron chi connectivity index (χ0n) is 27.7. The molecule has 2 N–H and O–H groups in total. The van der Waals surface area contributed by atoms with Gasteiger partial charge < -0.3 is 15.3 Å². The number of hydrogen-bond acceptors (Lipinski definition) is 5. The van der Waals surface area contributed by atoms with Crippen LogP contribution in [0, 0.1) is 52.3 Å². The van der Waals surface area contributed by atoms with Gasteiger partial charge in [0.1, 0.15) is 0 Å². The molecule has 7 rings (SSSR count). The fourth-order valence-electron chi connectivity index (χ4n) is 12.9. The molecular formula is C37H58N2O4S. The van der Waals surface area contributed by atoms with E-state index in [2.05, 4.69) is 43.1 Å². The van der Waals surface area contributed by atoms with Crippen LogP contribution in [0.3, 0.4) is 0 Å². The zero-order chi connectivity index (χ0) is 30.9. The molecule has 6 unspecified atom stereocenters. The van der Waals surface area contributed by atoms with E-state index in [1.807, 2.05) is 0 Å². The van der Waals surface area contributed by atoms with E-state index in [0.29, 0.717) is 53.3 Å². The predicted octanol–water partition coefficient (Wildman–Crippen LogP) is 6.48. The van der Waals surface area contributed by atoms with Crippen molar-refractivity contribution in [3.05, 3.63) is 23.3 Å². The number of allylic oxidation sites excluding steroid dienone is 4. The molecule has 0 spiro atoms. The third-order valence-electron chi connectivity index (χ3n) is 15.2. The average Bonchev–Trinajstić information content (AvgIpc) is 3.42. The summed E-state index contributed by atoms with van der Waals surface area (Å²) in [7, 11) is -2.82. The van der Waals surface area contributed by atoms with Crippen LogP contribution in [0.15, 0.2) is 23.3 Å². The van der Waals surface area contributed by atoms with Gasteiger partial charge in [-0.3, -0.25) is 4.79 Å². The van der Waals surface area contributed by atoms with Crippen LogP contribution in [-0.4, -0.2) is 67.6 Å². The molecule has 1 aliphatic heterocycles. The SMILES string of the molecule is CC1C(C2=CCC(C(=O)O)CC2)=CC[C@@]2(C)C1CC[C@@]1(C)C3CCC4(NCCN5CCS(=O)(=O)CC5)CCC[C@@H]4[C@H]3CCC21. The largest absolute Gasteiger partial charge is 0.481 e. The highest BCUT2D eigenvalue weighted by atomic mass is 32.2. The van der Waals surface area contributed by atoms with E-state index in [9.17, 15) is 18.3 Å². The Hall–Kier alpha value is -1.18. The van der Waals surface area contributed by atoms with Gasteiger partial charge in [-0.05, 0) is 135 Å². The smallest absolute Gasteiger partial charge is 0.306 e. The number of nitrogens with one attached hydrogen (secondary N) is 1. The summed E-state index contributed by atoms with van der Waals surface area (Å²) >= 11 is 0. The molecule has 0 amide bonds. The maximum Gasteiger partial charge on any atom is 0.306 e. The van der Waals surface area contributed by atoms with Crippen molar-refractivity contribution >= 4 is 15.8 Å². The Labute approximate surface area is 266 Å². The second-order valence-electron chi connectivity index (χ2n) is 16.9. The van der Waals surface area contributed by atoms with Crippen molar-refractivity contribution in [2.75, 3.05) is 37.7 Å². The molecule has 10 atom stereocenters. The number of carboxylic acids is 1. The van der Waals surface area contributed by atoms with Crippen LogP contribution >= 0.6 is 0 Å². The van der Waals surface area contributed by atoms with E-state index in [1.54, 1.807) is 5.57 Å². The monoisotopic (exact) mass is 626 g/mol. The molecule has 0 aromatic rings. The lowest BCUT2D eigenvalue weighted by atomic mass is 9.38. The van der Waals surface area contributed by atoms with E-state index < -0.39 is 15.8 Å². The minimum absolute atomic E-state index is 0.200. The van der Waals surface area contributed by atoms with Gasteiger partial charge in [0.15, 0.2) is 9.84 Å². The Morgan fingerprint density at radius 3 is 2.45 bits per heavy atom. The van der Waals surface area contributed by atoms with E-state index >= 15 is 0 Å². The quantitative estimate of drug-likeness (QED) is 0.351. The van der Waals surface area contributed by atoms with Gasteiger partial charge in [-0.25, -0.2) is 8.42 Å². The Kier molecular flexibility index (Phi) is 8.22. The summed E-state index contributed by atoms with van der Waals surface area (Å²) in [4.78, 5) is 13.9. The maximum atomic E-state index is 11.9.